The molecular formula is C13H23NO9. The fourth-order valence-electron chi connectivity index (χ4n) is 1.75. The molecule has 5 N–H and O–H groups in total. The van der Waals surface area contributed by atoms with Gasteiger partial charge in [-0.3, -0.25) is 4.79 Å². The minimum Gasteiger partial charge on any atom is -0.461 e. The number of esters is 1. The third-order valence-corrected chi connectivity index (χ3v) is 2.87. The van der Waals surface area contributed by atoms with Crippen molar-refractivity contribution in [2.75, 3.05) is 13.2 Å². The average molecular weight is 337 g/mol. The Labute approximate surface area is 133 Å². The lowest BCUT2D eigenvalue weighted by Crippen LogP contribution is -2.58. The van der Waals surface area contributed by atoms with Gasteiger partial charge < -0.3 is 40.0 Å². The molecule has 0 bridgehead atoms. The summed E-state index contributed by atoms with van der Waals surface area (Å²) in [5.41, 5.74) is -0.707. The van der Waals surface area contributed by atoms with Crippen molar-refractivity contribution in [2.24, 2.45) is 0 Å². The van der Waals surface area contributed by atoms with Gasteiger partial charge in [-0.25, -0.2) is 4.79 Å². The van der Waals surface area contributed by atoms with Gasteiger partial charge in [0.2, 0.25) is 0 Å². The zero-order valence-electron chi connectivity index (χ0n) is 13.1. The van der Waals surface area contributed by atoms with Gasteiger partial charge in [0, 0.05) is 0 Å². The van der Waals surface area contributed by atoms with Crippen molar-refractivity contribution in [1.29, 1.82) is 0 Å². The van der Waals surface area contributed by atoms with Crippen LogP contribution in [0.4, 0.5) is 4.79 Å². The van der Waals surface area contributed by atoms with E-state index in [2.05, 4.69) is 5.32 Å². The summed E-state index contributed by atoms with van der Waals surface area (Å²) in [5.74, 6) is -0.832. The van der Waals surface area contributed by atoms with Crippen LogP contribution in [-0.4, -0.2) is 81.9 Å². The summed E-state index contributed by atoms with van der Waals surface area (Å²) >= 11 is 0. The molecule has 10 heteroatoms. The van der Waals surface area contributed by atoms with Gasteiger partial charge in [-0.05, 0) is 20.8 Å². The normalized spacial score (nSPS) is 31.3. The van der Waals surface area contributed by atoms with Crippen molar-refractivity contribution in [3.63, 3.8) is 0 Å². The first-order valence-corrected chi connectivity index (χ1v) is 7.01. The first-order chi connectivity index (χ1) is 10.5. The van der Waals surface area contributed by atoms with Crippen LogP contribution < -0.4 is 5.32 Å². The number of hydrogen-bond donors (Lipinski definition) is 5. The molecule has 1 aliphatic heterocycles. The van der Waals surface area contributed by atoms with Crippen LogP contribution in [0.2, 0.25) is 0 Å². The topological polar surface area (TPSA) is 155 Å². The third-order valence-electron chi connectivity index (χ3n) is 2.87. The quantitative estimate of drug-likeness (QED) is 0.361. The van der Waals surface area contributed by atoms with Crippen LogP contribution >= 0.6 is 0 Å². The Kier molecular flexibility index (Phi) is 6.71. The monoisotopic (exact) mass is 337 g/mol. The zero-order chi connectivity index (χ0) is 17.8. The summed E-state index contributed by atoms with van der Waals surface area (Å²) in [6, 6.07) is 0. The van der Waals surface area contributed by atoms with Crippen molar-refractivity contribution in [1.82, 2.24) is 5.32 Å². The highest BCUT2D eigenvalue weighted by Gasteiger charge is 2.43. The highest BCUT2D eigenvalue weighted by Crippen LogP contribution is 2.20. The van der Waals surface area contributed by atoms with E-state index in [-0.39, 0.29) is 0 Å². The predicted octanol–water partition coefficient (Wildman–Crippen LogP) is -2.15. The average Bonchev–Trinajstić information content (AvgIpc) is 2.43. The zero-order valence-corrected chi connectivity index (χ0v) is 13.1. The van der Waals surface area contributed by atoms with Gasteiger partial charge in [0.25, 0.3) is 0 Å². The third kappa shape index (κ3) is 6.28. The maximum Gasteiger partial charge on any atom is 0.408 e. The summed E-state index contributed by atoms with van der Waals surface area (Å²) in [4.78, 5) is 22.8. The summed E-state index contributed by atoms with van der Waals surface area (Å²) in [7, 11) is 0. The molecule has 23 heavy (non-hydrogen) atoms. The molecule has 1 aliphatic rings. The van der Waals surface area contributed by atoms with Gasteiger partial charge in [-0.1, -0.05) is 0 Å². The molecule has 134 valence electrons. The number of rotatable bonds is 4. The molecule has 0 aliphatic carbocycles. The number of nitrogens with one attached hydrogen (secondary N) is 1. The number of carbonyl (C=O) groups excluding carboxylic acids is 2. The second-order valence-corrected chi connectivity index (χ2v) is 6.08. The van der Waals surface area contributed by atoms with Crippen LogP contribution in [0.1, 0.15) is 20.8 Å². The highest BCUT2D eigenvalue weighted by molar-refractivity contribution is 5.78. The molecule has 0 radical (unpaired) electrons. The minimum atomic E-state index is -1.71. The number of hydrogen-bond acceptors (Lipinski definition) is 9. The smallest absolute Gasteiger partial charge is 0.408 e. The van der Waals surface area contributed by atoms with E-state index in [9.17, 15) is 30.0 Å². The summed E-state index contributed by atoms with van der Waals surface area (Å²) in [5, 5.41) is 39.9. The number of aliphatic hydroxyl groups excluding tert-OH is 4. The van der Waals surface area contributed by atoms with Crippen LogP contribution in [0.25, 0.3) is 0 Å². The summed E-state index contributed by atoms with van der Waals surface area (Å²) in [6.45, 7) is 4.05. The molecular weight excluding hydrogens is 314 g/mol. The molecule has 1 amide bonds. The first kappa shape index (κ1) is 19.6. The lowest BCUT2D eigenvalue weighted by molar-refractivity contribution is -0.287. The molecule has 0 spiro atoms. The highest BCUT2D eigenvalue weighted by atomic mass is 16.7. The van der Waals surface area contributed by atoms with Crippen LogP contribution in [0, 0.1) is 0 Å². The van der Waals surface area contributed by atoms with E-state index in [1.165, 1.54) is 0 Å². The van der Waals surface area contributed by atoms with E-state index in [1.807, 2.05) is 0 Å². The molecule has 0 unspecified atom stereocenters. The minimum absolute atomic E-state index is 0.467. The molecule has 0 aromatic heterocycles. The summed E-state index contributed by atoms with van der Waals surface area (Å²) < 4.78 is 14.5. The molecule has 1 rings (SSSR count). The maximum atomic E-state index is 11.5. The molecule has 1 fully saturated rings. The fraction of sp³-hybridized carbons (Fsp3) is 0.846. The van der Waals surface area contributed by atoms with Gasteiger partial charge in [-0.2, -0.15) is 0 Å². The predicted molar refractivity (Wildman–Crippen MR) is 74.1 cm³/mol. The van der Waals surface area contributed by atoms with E-state index >= 15 is 0 Å². The lowest BCUT2D eigenvalue weighted by Gasteiger charge is -2.37. The Morgan fingerprint density at radius 1 is 1.09 bits per heavy atom. The number of carbonyl (C=O) groups is 2. The molecule has 0 aromatic rings. The maximum absolute atomic E-state index is 11.5. The lowest BCUT2D eigenvalue weighted by atomic mass is 9.99. The molecule has 5 atom stereocenters. The van der Waals surface area contributed by atoms with Crippen molar-refractivity contribution in [3.8, 4) is 0 Å². The molecule has 1 saturated heterocycles. The van der Waals surface area contributed by atoms with Crippen LogP contribution in [-0.2, 0) is 19.0 Å². The Bertz CT molecular complexity index is 422. The van der Waals surface area contributed by atoms with Crippen molar-refractivity contribution in [2.45, 2.75) is 57.1 Å². The van der Waals surface area contributed by atoms with Crippen molar-refractivity contribution < 1.29 is 44.2 Å². The Morgan fingerprint density at radius 2 is 1.70 bits per heavy atom. The Hall–Kier alpha value is -1.46. The van der Waals surface area contributed by atoms with Crippen LogP contribution in [0.3, 0.4) is 0 Å². The van der Waals surface area contributed by atoms with Gasteiger partial charge in [0.1, 0.15) is 43.2 Å². The second-order valence-electron chi connectivity index (χ2n) is 6.08. The molecule has 0 aromatic carbocycles. The van der Waals surface area contributed by atoms with Gasteiger partial charge in [-0.15, -0.1) is 0 Å². The first-order valence-electron chi connectivity index (χ1n) is 7.01. The number of ether oxygens (including phenoxy) is 3. The van der Waals surface area contributed by atoms with Gasteiger partial charge >= 0.3 is 12.1 Å². The van der Waals surface area contributed by atoms with E-state index < -0.39 is 61.5 Å². The Morgan fingerprint density at radius 3 is 2.26 bits per heavy atom. The second kappa shape index (κ2) is 7.88. The Balaban J connectivity index is 2.34. The standard InChI is InChI=1S/C13H23NO9/c1-13(2,3)23-12(20)14-4-7(15)21-5-6-8(16)9(17)10(18)11(19)22-6/h6,8-11,16-19H,4-5H2,1-3H3,(H,14,20)/t6-,8+,9-,10-,11-/m0/s1. The molecule has 0 saturated carbocycles. The van der Waals surface area contributed by atoms with Crippen LogP contribution in [0.5, 0.6) is 0 Å². The summed E-state index contributed by atoms with van der Waals surface area (Å²) in [6.07, 6.45) is -8.56. The SMILES string of the molecule is CC(C)(C)OC(=O)NCC(=O)OC[C@@H]1O[C@H](O)[C@@H](O)[C@@H](O)[C@@H]1O. The van der Waals surface area contributed by atoms with Crippen LogP contribution in [0.15, 0.2) is 0 Å². The number of alkyl carbamates (subject to hydrolysis) is 1. The number of amides is 1. The molecule has 1 heterocycles. The van der Waals surface area contributed by atoms with E-state index in [0.29, 0.717) is 0 Å². The van der Waals surface area contributed by atoms with E-state index in [1.54, 1.807) is 20.8 Å². The van der Waals surface area contributed by atoms with Crippen molar-refractivity contribution in [3.05, 3.63) is 0 Å². The number of aliphatic hydroxyl groups is 4. The van der Waals surface area contributed by atoms with Gasteiger partial charge in [0.15, 0.2) is 6.29 Å². The van der Waals surface area contributed by atoms with E-state index in [0.717, 1.165) is 0 Å². The van der Waals surface area contributed by atoms with E-state index in [4.69, 9.17) is 14.2 Å². The fourth-order valence-corrected chi connectivity index (χ4v) is 1.75. The van der Waals surface area contributed by atoms with Gasteiger partial charge in [0.05, 0.1) is 0 Å². The molecule has 10 nitrogen and oxygen atoms in total. The largest absolute Gasteiger partial charge is 0.461 e. The van der Waals surface area contributed by atoms with Crippen molar-refractivity contribution >= 4 is 12.1 Å².